The van der Waals surface area contributed by atoms with E-state index < -0.39 is 23.1 Å². The predicted octanol–water partition coefficient (Wildman–Crippen LogP) is 3.43. The van der Waals surface area contributed by atoms with E-state index in [1.807, 2.05) is 13.8 Å². The highest BCUT2D eigenvalue weighted by Crippen LogP contribution is 2.34. The smallest absolute Gasteiger partial charge is 0.421 e. The summed E-state index contributed by atoms with van der Waals surface area (Å²) in [7, 11) is 1.62. The number of nitrogen functional groups attached to an aromatic ring is 1. The van der Waals surface area contributed by atoms with Crippen LogP contribution in [-0.2, 0) is 11.7 Å². The van der Waals surface area contributed by atoms with Crippen LogP contribution in [0.15, 0.2) is 23.0 Å². The summed E-state index contributed by atoms with van der Waals surface area (Å²) in [5, 5.41) is 4.50. The van der Waals surface area contributed by atoms with Gasteiger partial charge in [0, 0.05) is 13.2 Å². The van der Waals surface area contributed by atoms with Crippen molar-refractivity contribution in [3.05, 3.63) is 41.5 Å². The van der Waals surface area contributed by atoms with Crippen LogP contribution in [0, 0.1) is 13.8 Å². The fraction of sp³-hybridized carbons (Fsp3) is 0.412. The van der Waals surface area contributed by atoms with Crippen molar-refractivity contribution in [2.45, 2.75) is 39.4 Å². The van der Waals surface area contributed by atoms with E-state index in [1.54, 1.807) is 38.0 Å². The van der Waals surface area contributed by atoms with Gasteiger partial charge in [-0.15, -0.1) is 0 Å². The van der Waals surface area contributed by atoms with E-state index in [-0.39, 0.29) is 5.95 Å². The lowest BCUT2D eigenvalue weighted by molar-refractivity contribution is -0.137. The minimum Gasteiger partial charge on any atom is -0.443 e. The summed E-state index contributed by atoms with van der Waals surface area (Å²) in [6.45, 7) is 7.35. The Hall–Kier alpha value is -3.11. The third kappa shape index (κ3) is 3.39. The van der Waals surface area contributed by atoms with Crippen molar-refractivity contribution in [1.82, 2.24) is 24.7 Å². The molecule has 0 saturated heterocycles. The van der Waals surface area contributed by atoms with E-state index in [0.717, 1.165) is 0 Å². The summed E-state index contributed by atoms with van der Waals surface area (Å²) in [5.74, 6) is 0.553. The molecule has 0 atom stereocenters. The lowest BCUT2D eigenvalue weighted by Crippen LogP contribution is -2.28. The second-order valence-electron chi connectivity index (χ2n) is 6.91. The van der Waals surface area contributed by atoms with Crippen molar-refractivity contribution in [3.63, 3.8) is 0 Å². The lowest BCUT2D eigenvalue weighted by Gasteiger charge is -2.21. The van der Waals surface area contributed by atoms with Gasteiger partial charge in [-0.1, -0.05) is 0 Å². The van der Waals surface area contributed by atoms with Crippen molar-refractivity contribution >= 4 is 17.5 Å². The van der Waals surface area contributed by atoms with Gasteiger partial charge in [-0.2, -0.15) is 23.3 Å². The Kier molecular flexibility index (Phi) is 4.56. The van der Waals surface area contributed by atoms with Gasteiger partial charge in [0.2, 0.25) is 11.8 Å². The minimum absolute atomic E-state index is 0.0259. The van der Waals surface area contributed by atoms with Crippen LogP contribution in [0.2, 0.25) is 0 Å². The number of nitrogens with two attached hydrogens (primary N) is 1. The average molecular weight is 395 g/mol. The van der Waals surface area contributed by atoms with Gasteiger partial charge >= 0.3 is 6.18 Å². The standard InChI is InChI=1S/C17H20F3N7O/c1-9-6-22-14(28-9)16(3,4)27-8-12(10(2)25-27)26(5)15-23-7-11(13(21)24-15)17(18,19)20/h6-8H,1-5H3,(H2,21,23,24). The Morgan fingerprint density at radius 3 is 2.36 bits per heavy atom. The molecule has 0 aliphatic carbocycles. The fourth-order valence-electron chi connectivity index (χ4n) is 2.68. The van der Waals surface area contributed by atoms with Gasteiger partial charge in [0.1, 0.15) is 22.7 Å². The number of anilines is 3. The normalized spacial score (nSPS) is 12.4. The van der Waals surface area contributed by atoms with E-state index in [2.05, 4.69) is 20.1 Å². The second-order valence-corrected chi connectivity index (χ2v) is 6.91. The Labute approximate surface area is 159 Å². The topological polar surface area (TPSA) is 98.9 Å². The summed E-state index contributed by atoms with van der Waals surface area (Å²) in [4.78, 5) is 13.4. The van der Waals surface area contributed by atoms with Crippen molar-refractivity contribution in [1.29, 1.82) is 0 Å². The molecule has 0 bridgehead atoms. The third-order valence-electron chi connectivity index (χ3n) is 4.36. The number of halogens is 3. The maximum Gasteiger partial charge on any atom is 0.421 e. The van der Waals surface area contributed by atoms with Gasteiger partial charge in [0.05, 0.1) is 23.8 Å². The zero-order valence-corrected chi connectivity index (χ0v) is 16.0. The summed E-state index contributed by atoms with van der Waals surface area (Å²) < 4.78 is 45.9. The Bertz CT molecular complexity index is 1010. The van der Waals surface area contributed by atoms with Crippen LogP contribution >= 0.6 is 0 Å². The van der Waals surface area contributed by atoms with Crippen LogP contribution in [0.4, 0.5) is 30.6 Å². The van der Waals surface area contributed by atoms with Crippen LogP contribution in [0.1, 0.15) is 36.8 Å². The number of hydrogen-bond acceptors (Lipinski definition) is 7. The van der Waals surface area contributed by atoms with Crippen molar-refractivity contribution in [2.75, 3.05) is 17.7 Å². The molecule has 0 amide bonds. The van der Waals surface area contributed by atoms with Crippen molar-refractivity contribution in [2.24, 2.45) is 0 Å². The number of aryl methyl sites for hydroxylation is 2. The number of aromatic nitrogens is 5. The number of oxazole rings is 1. The van der Waals surface area contributed by atoms with Crippen molar-refractivity contribution in [3.8, 4) is 0 Å². The maximum absolute atomic E-state index is 12.9. The number of hydrogen-bond donors (Lipinski definition) is 1. The average Bonchev–Trinajstić information content (AvgIpc) is 3.19. The molecule has 0 unspecified atom stereocenters. The minimum atomic E-state index is -4.61. The molecule has 8 nitrogen and oxygen atoms in total. The van der Waals surface area contributed by atoms with Gasteiger partial charge in [-0.25, -0.2) is 9.97 Å². The molecular formula is C17H20F3N7O. The second kappa shape index (κ2) is 6.50. The molecule has 0 aliphatic heterocycles. The first-order valence-corrected chi connectivity index (χ1v) is 8.34. The van der Waals surface area contributed by atoms with Gasteiger partial charge < -0.3 is 15.1 Å². The van der Waals surface area contributed by atoms with Crippen molar-refractivity contribution < 1.29 is 17.6 Å². The molecule has 3 heterocycles. The summed E-state index contributed by atoms with van der Waals surface area (Å²) in [5.41, 5.74) is 4.95. The zero-order valence-electron chi connectivity index (χ0n) is 16.0. The van der Waals surface area contributed by atoms with E-state index in [9.17, 15) is 13.2 Å². The molecule has 11 heteroatoms. The molecule has 0 fully saturated rings. The Balaban J connectivity index is 1.96. The highest BCUT2D eigenvalue weighted by molar-refractivity contribution is 5.60. The third-order valence-corrected chi connectivity index (χ3v) is 4.36. The van der Waals surface area contributed by atoms with E-state index in [1.165, 1.54) is 4.90 Å². The molecule has 0 aliphatic rings. The molecule has 0 saturated carbocycles. The lowest BCUT2D eigenvalue weighted by atomic mass is 10.1. The Morgan fingerprint density at radius 1 is 1.14 bits per heavy atom. The largest absolute Gasteiger partial charge is 0.443 e. The summed E-state index contributed by atoms with van der Waals surface area (Å²) in [6.07, 6.45) is -0.584. The molecule has 0 radical (unpaired) electrons. The first kappa shape index (κ1) is 19.6. The molecule has 3 aromatic rings. The summed E-state index contributed by atoms with van der Waals surface area (Å²) in [6, 6.07) is 0. The monoisotopic (exact) mass is 395 g/mol. The molecule has 3 rings (SSSR count). The summed E-state index contributed by atoms with van der Waals surface area (Å²) >= 11 is 0. The maximum atomic E-state index is 12.9. The van der Waals surface area contributed by atoms with Gasteiger partial charge in [-0.3, -0.25) is 4.68 Å². The molecule has 3 aromatic heterocycles. The van der Waals surface area contributed by atoms with E-state index >= 15 is 0 Å². The highest BCUT2D eigenvalue weighted by Gasteiger charge is 2.35. The molecule has 0 spiro atoms. The van der Waals surface area contributed by atoms with E-state index in [4.69, 9.17) is 10.2 Å². The molecule has 2 N–H and O–H groups in total. The molecule has 150 valence electrons. The fourth-order valence-corrected chi connectivity index (χ4v) is 2.68. The first-order valence-electron chi connectivity index (χ1n) is 8.34. The number of alkyl halides is 3. The van der Waals surface area contributed by atoms with Crippen LogP contribution in [0.5, 0.6) is 0 Å². The quantitative estimate of drug-likeness (QED) is 0.722. The van der Waals surface area contributed by atoms with Gasteiger partial charge in [-0.05, 0) is 27.7 Å². The number of nitrogens with zero attached hydrogens (tertiary/aromatic N) is 6. The van der Waals surface area contributed by atoms with Gasteiger partial charge in [0.15, 0.2) is 0 Å². The highest BCUT2D eigenvalue weighted by atomic mass is 19.4. The Morgan fingerprint density at radius 2 is 1.82 bits per heavy atom. The van der Waals surface area contributed by atoms with E-state index in [0.29, 0.717) is 29.2 Å². The van der Waals surface area contributed by atoms with Crippen LogP contribution in [-0.4, -0.2) is 31.8 Å². The number of rotatable bonds is 4. The van der Waals surface area contributed by atoms with Gasteiger partial charge in [0.25, 0.3) is 0 Å². The van der Waals surface area contributed by atoms with Crippen LogP contribution in [0.3, 0.4) is 0 Å². The van der Waals surface area contributed by atoms with Crippen LogP contribution < -0.4 is 10.6 Å². The van der Waals surface area contributed by atoms with Crippen LogP contribution in [0.25, 0.3) is 0 Å². The zero-order chi connectivity index (χ0) is 20.9. The SMILES string of the molecule is Cc1cnc(C(C)(C)n2cc(N(C)c3ncc(C(F)(F)F)c(N)n3)c(C)n2)o1. The molecule has 28 heavy (non-hydrogen) atoms. The predicted molar refractivity (Wildman–Crippen MR) is 96.1 cm³/mol. The first-order chi connectivity index (χ1) is 12.9. The molecule has 0 aromatic carbocycles. The molecular weight excluding hydrogens is 375 g/mol.